The Balaban J connectivity index is 1.64. The number of nitrogens with one attached hydrogen (secondary N) is 1. The lowest BCUT2D eigenvalue weighted by molar-refractivity contribution is 0.0348. The molecule has 4 saturated carbocycles. The highest BCUT2D eigenvalue weighted by molar-refractivity contribution is 5.18. The minimum absolute atomic E-state index is 0.487. The molecule has 1 N–H and O–H groups in total. The van der Waals surface area contributed by atoms with Gasteiger partial charge in [-0.25, -0.2) is 0 Å². The molecule has 0 aromatic carbocycles. The van der Waals surface area contributed by atoms with Gasteiger partial charge in [-0.3, -0.25) is 0 Å². The van der Waals surface area contributed by atoms with Crippen LogP contribution in [0.1, 0.15) is 80.1 Å². The molecule has 4 fully saturated rings. The topological polar surface area (TPSA) is 12.0 Å². The Hall–Kier alpha value is -0.0400. The van der Waals surface area contributed by atoms with E-state index in [9.17, 15) is 0 Å². The van der Waals surface area contributed by atoms with Crippen molar-refractivity contribution in [2.24, 2.45) is 33.5 Å². The molecule has 1 nitrogen and oxygen atoms in total. The Morgan fingerprint density at radius 3 is 1.33 bits per heavy atom. The lowest BCUT2D eigenvalue weighted by Gasteiger charge is -2.51. The van der Waals surface area contributed by atoms with Crippen molar-refractivity contribution in [2.75, 3.05) is 0 Å². The van der Waals surface area contributed by atoms with Crippen molar-refractivity contribution in [3.8, 4) is 0 Å². The van der Waals surface area contributed by atoms with Crippen molar-refractivity contribution in [3.05, 3.63) is 0 Å². The molecule has 4 aliphatic rings. The molecule has 0 aromatic rings. The van der Waals surface area contributed by atoms with Crippen molar-refractivity contribution in [1.29, 1.82) is 0 Å². The summed E-state index contributed by atoms with van der Waals surface area (Å²) < 4.78 is 0. The van der Waals surface area contributed by atoms with Crippen LogP contribution in [-0.4, -0.2) is 12.1 Å². The van der Waals surface area contributed by atoms with E-state index in [4.69, 9.17) is 0 Å². The van der Waals surface area contributed by atoms with E-state index >= 15 is 0 Å². The van der Waals surface area contributed by atoms with Crippen molar-refractivity contribution in [1.82, 2.24) is 5.32 Å². The third kappa shape index (κ3) is 1.68. The number of rotatable bonds is 2. The van der Waals surface area contributed by atoms with Crippen molar-refractivity contribution in [2.45, 2.75) is 92.2 Å². The smallest absolute Gasteiger partial charge is 0.0178 e. The fraction of sp³-hybridized carbons (Fsp3) is 1.00. The van der Waals surface area contributed by atoms with Crippen molar-refractivity contribution < 1.29 is 0 Å². The summed E-state index contributed by atoms with van der Waals surface area (Å²) >= 11 is 0. The van der Waals surface area contributed by atoms with Crippen LogP contribution >= 0.6 is 0 Å². The molecular weight excluding hydrogens is 254 g/mol. The Labute approximate surface area is 131 Å². The number of fused-ring (bicyclic) bond motifs is 4. The molecule has 21 heavy (non-hydrogen) atoms. The third-order valence-corrected chi connectivity index (χ3v) is 8.87. The van der Waals surface area contributed by atoms with Gasteiger partial charge in [0.05, 0.1) is 0 Å². The van der Waals surface area contributed by atoms with Crippen LogP contribution in [0, 0.1) is 33.5 Å². The van der Waals surface area contributed by atoms with Gasteiger partial charge in [-0.15, -0.1) is 0 Å². The van der Waals surface area contributed by atoms with Crippen LogP contribution in [0.4, 0.5) is 0 Å². The van der Waals surface area contributed by atoms with Crippen LogP contribution in [0.3, 0.4) is 0 Å². The first kappa shape index (κ1) is 14.5. The first-order valence-corrected chi connectivity index (χ1v) is 9.36. The van der Waals surface area contributed by atoms with E-state index in [1.807, 2.05) is 0 Å². The Kier molecular flexibility index (Phi) is 2.69. The lowest BCUT2D eigenvalue weighted by atomic mass is 9.64. The summed E-state index contributed by atoms with van der Waals surface area (Å²) in [5.74, 6) is 1.91. The summed E-state index contributed by atoms with van der Waals surface area (Å²) in [5.41, 5.74) is 2.09. The molecular formula is C20H35N. The highest BCUT2D eigenvalue weighted by Gasteiger charge is 2.64. The molecule has 120 valence electrons. The molecule has 4 aliphatic carbocycles. The van der Waals surface area contributed by atoms with Gasteiger partial charge in [0.2, 0.25) is 0 Å². The van der Waals surface area contributed by atoms with Crippen molar-refractivity contribution in [3.63, 3.8) is 0 Å². The molecule has 0 radical (unpaired) electrons. The summed E-state index contributed by atoms with van der Waals surface area (Å²) in [5, 5.41) is 4.30. The highest BCUT2D eigenvalue weighted by Crippen LogP contribution is 2.66. The maximum Gasteiger partial charge on any atom is 0.0178 e. The molecule has 0 saturated heterocycles. The number of hydrogen-bond acceptors (Lipinski definition) is 1. The maximum absolute atomic E-state index is 4.30. The van der Waals surface area contributed by atoms with E-state index in [-0.39, 0.29) is 0 Å². The minimum Gasteiger partial charge on any atom is -0.309 e. The molecule has 0 aromatic heterocycles. The second kappa shape index (κ2) is 3.89. The van der Waals surface area contributed by atoms with E-state index in [0.717, 1.165) is 23.9 Å². The molecule has 0 amide bonds. The zero-order valence-corrected chi connectivity index (χ0v) is 15.1. The van der Waals surface area contributed by atoms with Gasteiger partial charge in [-0.2, -0.15) is 0 Å². The van der Waals surface area contributed by atoms with Gasteiger partial charge in [0, 0.05) is 12.1 Å². The van der Waals surface area contributed by atoms with E-state index < -0.39 is 0 Å². The summed E-state index contributed by atoms with van der Waals surface area (Å²) in [6.07, 6.45) is 8.76. The standard InChI is InChI=1S/C20H35N/c1-17(2)13-7-9-19(5,11-13)15(17)21-16-18(3,4)14-8-10-20(16,6)12-14/h13-16,21H,7-12H2,1-6H3/t13-,14?,15?,16?,19+,20?/m0/s1. The van der Waals surface area contributed by atoms with Crippen LogP contribution in [0.25, 0.3) is 0 Å². The average Bonchev–Trinajstić information content (AvgIpc) is 3.01. The average molecular weight is 290 g/mol. The molecule has 0 heterocycles. The second-order valence-electron chi connectivity index (χ2n) is 10.9. The fourth-order valence-electron chi connectivity index (χ4n) is 7.60. The number of hydrogen-bond donors (Lipinski definition) is 1. The molecule has 0 spiro atoms. The quantitative estimate of drug-likeness (QED) is 0.754. The van der Waals surface area contributed by atoms with Crippen LogP contribution in [0.5, 0.6) is 0 Å². The van der Waals surface area contributed by atoms with Gasteiger partial charge >= 0.3 is 0 Å². The highest BCUT2D eigenvalue weighted by atomic mass is 15.1. The van der Waals surface area contributed by atoms with E-state index in [2.05, 4.69) is 46.9 Å². The van der Waals surface area contributed by atoms with Gasteiger partial charge in [-0.1, -0.05) is 41.5 Å². The summed E-state index contributed by atoms with van der Waals surface area (Å²) in [4.78, 5) is 0. The molecule has 4 unspecified atom stereocenters. The van der Waals surface area contributed by atoms with Crippen LogP contribution in [-0.2, 0) is 0 Å². The van der Waals surface area contributed by atoms with Crippen LogP contribution < -0.4 is 5.32 Å². The molecule has 0 aliphatic heterocycles. The predicted octanol–water partition coefficient (Wildman–Crippen LogP) is 5.01. The van der Waals surface area contributed by atoms with Gasteiger partial charge < -0.3 is 5.32 Å². The molecule has 6 atom stereocenters. The monoisotopic (exact) mass is 289 g/mol. The summed E-state index contributed by atoms with van der Waals surface area (Å²) in [6.45, 7) is 15.3. The van der Waals surface area contributed by atoms with Gasteiger partial charge in [0.15, 0.2) is 0 Å². The Morgan fingerprint density at radius 1 is 0.667 bits per heavy atom. The molecule has 4 rings (SSSR count). The van der Waals surface area contributed by atoms with E-state index in [1.54, 1.807) is 0 Å². The first-order chi connectivity index (χ1) is 9.60. The predicted molar refractivity (Wildman–Crippen MR) is 89.2 cm³/mol. The third-order valence-electron chi connectivity index (χ3n) is 8.87. The first-order valence-electron chi connectivity index (χ1n) is 9.36. The maximum atomic E-state index is 4.30. The van der Waals surface area contributed by atoms with Gasteiger partial charge in [0.1, 0.15) is 0 Å². The van der Waals surface area contributed by atoms with Gasteiger partial charge in [0.25, 0.3) is 0 Å². The Bertz CT molecular complexity index is 413. The zero-order chi connectivity index (χ0) is 15.3. The largest absolute Gasteiger partial charge is 0.309 e. The van der Waals surface area contributed by atoms with Crippen LogP contribution in [0.15, 0.2) is 0 Å². The normalized spacial score (nSPS) is 56.3. The summed E-state index contributed by atoms with van der Waals surface area (Å²) in [6, 6.07) is 1.45. The van der Waals surface area contributed by atoms with Crippen molar-refractivity contribution >= 4 is 0 Å². The Morgan fingerprint density at radius 2 is 1.05 bits per heavy atom. The molecule has 4 bridgehead atoms. The fourth-order valence-corrected chi connectivity index (χ4v) is 7.60. The van der Waals surface area contributed by atoms with E-state index in [0.29, 0.717) is 21.7 Å². The zero-order valence-electron chi connectivity index (χ0n) is 15.1. The van der Waals surface area contributed by atoms with Crippen LogP contribution in [0.2, 0.25) is 0 Å². The lowest BCUT2D eigenvalue weighted by Crippen LogP contribution is -2.60. The van der Waals surface area contributed by atoms with E-state index in [1.165, 1.54) is 38.5 Å². The second-order valence-corrected chi connectivity index (χ2v) is 10.9. The summed E-state index contributed by atoms with van der Waals surface area (Å²) in [7, 11) is 0. The molecule has 1 heteroatoms. The minimum atomic E-state index is 0.487. The van der Waals surface area contributed by atoms with Gasteiger partial charge in [-0.05, 0) is 72.0 Å². The SMILES string of the molecule is CC12CCC(C1)C(C)(C)C2NC1C(C)(C)[C@H]2CC[C@]1(C)C2.